The first-order chi connectivity index (χ1) is 9.33. The van der Waals surface area contributed by atoms with Crippen molar-refractivity contribution < 1.29 is 0 Å². The fraction of sp³-hybridized carbons (Fsp3) is 0.286. The van der Waals surface area contributed by atoms with Gasteiger partial charge in [0.05, 0.1) is 11.9 Å². The Kier molecular flexibility index (Phi) is 3.18. The first kappa shape index (κ1) is 11.8. The van der Waals surface area contributed by atoms with Crippen LogP contribution in [0.4, 0.5) is 17.2 Å². The van der Waals surface area contributed by atoms with Crippen molar-refractivity contribution in [3.8, 4) is 0 Å². The predicted molar refractivity (Wildman–Crippen MR) is 77.3 cm³/mol. The minimum atomic E-state index is 0.569. The molecule has 3 heterocycles. The predicted octanol–water partition coefficient (Wildman–Crippen LogP) is 1.39. The molecule has 1 fully saturated rings. The minimum absolute atomic E-state index is 0.569. The Morgan fingerprint density at radius 1 is 0.842 bits per heavy atom. The number of hydrogen-bond acceptors (Lipinski definition) is 5. The molecule has 98 valence electrons. The molecule has 0 saturated carbocycles. The molecule has 0 aromatic carbocycles. The van der Waals surface area contributed by atoms with Crippen LogP contribution >= 0.6 is 0 Å². The average molecular weight is 255 g/mol. The topological polar surface area (TPSA) is 58.3 Å². The lowest BCUT2D eigenvalue weighted by molar-refractivity contribution is 0.652. The van der Waals surface area contributed by atoms with E-state index in [-0.39, 0.29) is 0 Å². The quantitative estimate of drug-likeness (QED) is 0.878. The summed E-state index contributed by atoms with van der Waals surface area (Å²) in [5, 5.41) is 0. The third-order valence-corrected chi connectivity index (χ3v) is 3.44. The highest BCUT2D eigenvalue weighted by Gasteiger charge is 2.17. The molecule has 0 aliphatic carbocycles. The van der Waals surface area contributed by atoms with Crippen molar-refractivity contribution in [2.45, 2.75) is 0 Å². The highest BCUT2D eigenvalue weighted by molar-refractivity contribution is 5.51. The highest BCUT2D eigenvalue weighted by atomic mass is 15.3. The molecule has 19 heavy (non-hydrogen) atoms. The molecule has 3 rings (SSSR count). The van der Waals surface area contributed by atoms with Crippen molar-refractivity contribution in [2.24, 2.45) is 0 Å². The molecule has 1 saturated heterocycles. The average Bonchev–Trinajstić information content (AvgIpc) is 2.49. The molecule has 1 aliphatic heterocycles. The summed E-state index contributed by atoms with van der Waals surface area (Å²) in [6, 6.07) is 8.00. The maximum Gasteiger partial charge on any atom is 0.123 e. The van der Waals surface area contributed by atoms with Crippen LogP contribution in [0.5, 0.6) is 0 Å². The second-order valence-electron chi connectivity index (χ2n) is 4.62. The Morgan fingerprint density at radius 3 is 2.05 bits per heavy atom. The van der Waals surface area contributed by atoms with E-state index in [0.29, 0.717) is 5.82 Å². The van der Waals surface area contributed by atoms with Gasteiger partial charge in [0, 0.05) is 44.3 Å². The van der Waals surface area contributed by atoms with Crippen molar-refractivity contribution in [3.63, 3.8) is 0 Å². The normalized spacial score (nSPS) is 15.6. The van der Waals surface area contributed by atoms with E-state index in [1.165, 1.54) is 5.69 Å². The van der Waals surface area contributed by atoms with E-state index in [2.05, 4.69) is 31.9 Å². The molecule has 0 spiro atoms. The lowest BCUT2D eigenvalue weighted by Crippen LogP contribution is -2.46. The van der Waals surface area contributed by atoms with E-state index in [0.717, 1.165) is 31.9 Å². The minimum Gasteiger partial charge on any atom is -0.384 e. The molecular formula is C14H17N5. The third-order valence-electron chi connectivity index (χ3n) is 3.44. The number of piperazine rings is 1. The van der Waals surface area contributed by atoms with E-state index >= 15 is 0 Å². The molecule has 2 aromatic heterocycles. The highest BCUT2D eigenvalue weighted by Crippen LogP contribution is 2.19. The van der Waals surface area contributed by atoms with E-state index in [9.17, 15) is 0 Å². The van der Waals surface area contributed by atoms with Crippen molar-refractivity contribution in [3.05, 3.63) is 42.9 Å². The SMILES string of the molecule is Nc1ccc(N2CCN(c3ccncc3)CC2)cn1. The van der Waals surface area contributed by atoms with Crippen LogP contribution in [0.2, 0.25) is 0 Å². The monoisotopic (exact) mass is 255 g/mol. The van der Waals surface area contributed by atoms with Gasteiger partial charge < -0.3 is 15.5 Å². The van der Waals surface area contributed by atoms with E-state index in [1.54, 1.807) is 0 Å². The summed E-state index contributed by atoms with van der Waals surface area (Å²) in [6.07, 6.45) is 5.52. The summed E-state index contributed by atoms with van der Waals surface area (Å²) in [4.78, 5) is 12.9. The van der Waals surface area contributed by atoms with Gasteiger partial charge in [0.25, 0.3) is 0 Å². The zero-order chi connectivity index (χ0) is 13.1. The van der Waals surface area contributed by atoms with Gasteiger partial charge >= 0.3 is 0 Å². The van der Waals surface area contributed by atoms with Crippen LogP contribution in [0.15, 0.2) is 42.9 Å². The van der Waals surface area contributed by atoms with E-state index in [1.807, 2.05) is 30.7 Å². The summed E-state index contributed by atoms with van der Waals surface area (Å²) in [5.41, 5.74) is 7.99. The molecule has 0 radical (unpaired) electrons. The van der Waals surface area contributed by atoms with Crippen molar-refractivity contribution in [1.82, 2.24) is 9.97 Å². The van der Waals surface area contributed by atoms with Crippen LogP contribution < -0.4 is 15.5 Å². The Hall–Kier alpha value is -2.30. The first-order valence-corrected chi connectivity index (χ1v) is 6.44. The third kappa shape index (κ3) is 2.59. The number of rotatable bonds is 2. The zero-order valence-corrected chi connectivity index (χ0v) is 10.7. The number of pyridine rings is 2. The molecule has 0 unspecified atom stereocenters. The lowest BCUT2D eigenvalue weighted by Gasteiger charge is -2.37. The van der Waals surface area contributed by atoms with E-state index < -0.39 is 0 Å². The maximum atomic E-state index is 5.61. The van der Waals surface area contributed by atoms with Gasteiger partial charge in [-0.2, -0.15) is 0 Å². The van der Waals surface area contributed by atoms with Crippen molar-refractivity contribution >= 4 is 17.2 Å². The summed E-state index contributed by atoms with van der Waals surface area (Å²) in [6.45, 7) is 4.00. The van der Waals surface area contributed by atoms with Gasteiger partial charge in [-0.15, -0.1) is 0 Å². The molecule has 0 amide bonds. The first-order valence-electron chi connectivity index (χ1n) is 6.44. The molecule has 2 aromatic rings. The fourth-order valence-corrected chi connectivity index (χ4v) is 2.36. The molecule has 0 atom stereocenters. The smallest absolute Gasteiger partial charge is 0.123 e. The van der Waals surface area contributed by atoms with Crippen LogP contribution in [0.3, 0.4) is 0 Å². The van der Waals surface area contributed by atoms with Gasteiger partial charge in [0.15, 0.2) is 0 Å². The van der Waals surface area contributed by atoms with Gasteiger partial charge in [-0.05, 0) is 24.3 Å². The van der Waals surface area contributed by atoms with Crippen LogP contribution in [0.1, 0.15) is 0 Å². The van der Waals surface area contributed by atoms with Gasteiger partial charge in [-0.25, -0.2) is 4.98 Å². The van der Waals surface area contributed by atoms with Crippen LogP contribution in [0, 0.1) is 0 Å². The molecule has 1 aliphatic rings. The number of hydrogen-bond donors (Lipinski definition) is 1. The number of aromatic nitrogens is 2. The fourth-order valence-electron chi connectivity index (χ4n) is 2.36. The van der Waals surface area contributed by atoms with Crippen molar-refractivity contribution in [2.75, 3.05) is 41.7 Å². The molecular weight excluding hydrogens is 238 g/mol. The zero-order valence-electron chi connectivity index (χ0n) is 10.7. The molecule has 2 N–H and O–H groups in total. The number of nitrogens with two attached hydrogens (primary N) is 1. The number of anilines is 3. The molecule has 0 bridgehead atoms. The van der Waals surface area contributed by atoms with Crippen LogP contribution in [-0.4, -0.2) is 36.1 Å². The van der Waals surface area contributed by atoms with Gasteiger partial charge in [-0.1, -0.05) is 0 Å². The lowest BCUT2D eigenvalue weighted by atomic mass is 10.2. The van der Waals surface area contributed by atoms with Crippen LogP contribution in [0.25, 0.3) is 0 Å². The summed E-state index contributed by atoms with van der Waals surface area (Å²) >= 11 is 0. The Labute approximate surface area is 112 Å². The number of nitrogens with zero attached hydrogens (tertiary/aromatic N) is 4. The summed E-state index contributed by atoms with van der Waals surface area (Å²) in [7, 11) is 0. The molecule has 5 nitrogen and oxygen atoms in total. The second kappa shape index (κ2) is 5.14. The number of nitrogen functional groups attached to an aromatic ring is 1. The Morgan fingerprint density at radius 2 is 1.47 bits per heavy atom. The Bertz CT molecular complexity index is 517. The maximum absolute atomic E-state index is 5.61. The van der Waals surface area contributed by atoms with Gasteiger partial charge in [-0.3, -0.25) is 4.98 Å². The van der Waals surface area contributed by atoms with Gasteiger partial charge in [0.2, 0.25) is 0 Å². The van der Waals surface area contributed by atoms with Gasteiger partial charge in [0.1, 0.15) is 5.82 Å². The van der Waals surface area contributed by atoms with Crippen LogP contribution in [-0.2, 0) is 0 Å². The second-order valence-corrected chi connectivity index (χ2v) is 4.62. The Balaban J connectivity index is 1.65. The van der Waals surface area contributed by atoms with E-state index in [4.69, 9.17) is 5.73 Å². The largest absolute Gasteiger partial charge is 0.384 e. The van der Waals surface area contributed by atoms with Crippen molar-refractivity contribution in [1.29, 1.82) is 0 Å². The standard InChI is InChI=1S/C14H17N5/c15-14-2-1-13(11-17-14)19-9-7-18(8-10-19)12-3-5-16-6-4-12/h1-6,11H,7-10H2,(H2,15,17). The summed E-state index contributed by atoms with van der Waals surface area (Å²) in [5.74, 6) is 0.569. The molecule has 5 heteroatoms. The summed E-state index contributed by atoms with van der Waals surface area (Å²) < 4.78 is 0.